The van der Waals surface area contributed by atoms with Crippen molar-refractivity contribution in [3.8, 4) is 0 Å². The van der Waals surface area contributed by atoms with E-state index in [1.54, 1.807) is 0 Å². The molecule has 17 heavy (non-hydrogen) atoms. The maximum atomic E-state index is 6.04. The van der Waals surface area contributed by atoms with Crippen molar-refractivity contribution in [2.45, 2.75) is 44.7 Å². The van der Waals surface area contributed by atoms with Crippen molar-refractivity contribution in [2.24, 2.45) is 5.92 Å². The van der Waals surface area contributed by atoms with E-state index in [1.807, 2.05) is 12.1 Å². The molecule has 2 nitrogen and oxygen atoms in total. The van der Waals surface area contributed by atoms with E-state index in [-0.39, 0.29) is 0 Å². The fourth-order valence-corrected chi connectivity index (χ4v) is 3.60. The Morgan fingerprint density at radius 1 is 1.12 bits per heavy atom. The summed E-state index contributed by atoms with van der Waals surface area (Å²) in [5, 5.41) is 0. The molecule has 1 heterocycles. The van der Waals surface area contributed by atoms with Crippen LogP contribution in [0.15, 0.2) is 24.3 Å². The van der Waals surface area contributed by atoms with Gasteiger partial charge in [-0.25, -0.2) is 0 Å². The number of para-hydroxylation sites is 1. The van der Waals surface area contributed by atoms with Crippen LogP contribution >= 0.6 is 0 Å². The van der Waals surface area contributed by atoms with Gasteiger partial charge in [0.2, 0.25) is 0 Å². The fraction of sp³-hybridized carbons (Fsp3) is 0.600. The molecule has 1 saturated carbocycles. The number of rotatable bonds is 2. The molecular weight excluding hydrogens is 208 g/mol. The standard InChI is InChI=1S/C15H22N2/c16-14-7-3-1-6-13(14)11-17-10-9-12-5-2-4-8-15(12)17/h1,3,6-7,12,15H,2,4-5,8-11,16H2. The molecule has 3 rings (SSSR count). The van der Waals surface area contributed by atoms with Crippen LogP contribution in [-0.2, 0) is 6.54 Å². The average molecular weight is 230 g/mol. The third-order valence-corrected chi connectivity index (χ3v) is 4.55. The van der Waals surface area contributed by atoms with Crippen molar-refractivity contribution in [2.75, 3.05) is 12.3 Å². The van der Waals surface area contributed by atoms with Crippen molar-refractivity contribution < 1.29 is 0 Å². The van der Waals surface area contributed by atoms with Gasteiger partial charge in [0.25, 0.3) is 0 Å². The summed E-state index contributed by atoms with van der Waals surface area (Å²) < 4.78 is 0. The van der Waals surface area contributed by atoms with Gasteiger partial charge in [0.15, 0.2) is 0 Å². The SMILES string of the molecule is Nc1ccccc1CN1CCC2CCCCC21. The summed E-state index contributed by atoms with van der Waals surface area (Å²) >= 11 is 0. The topological polar surface area (TPSA) is 29.3 Å². The third kappa shape index (κ3) is 2.19. The normalized spacial score (nSPS) is 29.2. The number of likely N-dealkylation sites (tertiary alicyclic amines) is 1. The van der Waals surface area contributed by atoms with Crippen molar-refractivity contribution in [1.82, 2.24) is 4.90 Å². The Morgan fingerprint density at radius 2 is 1.94 bits per heavy atom. The van der Waals surface area contributed by atoms with Crippen LogP contribution in [0, 0.1) is 5.92 Å². The fourth-order valence-electron chi connectivity index (χ4n) is 3.60. The summed E-state index contributed by atoms with van der Waals surface area (Å²) in [6.45, 7) is 2.32. The van der Waals surface area contributed by atoms with Gasteiger partial charge < -0.3 is 5.73 Å². The Morgan fingerprint density at radius 3 is 2.82 bits per heavy atom. The molecule has 0 amide bonds. The highest BCUT2D eigenvalue weighted by Gasteiger charge is 2.35. The first-order chi connectivity index (χ1) is 8.34. The summed E-state index contributed by atoms with van der Waals surface area (Å²) in [5.41, 5.74) is 8.30. The highest BCUT2D eigenvalue weighted by atomic mass is 15.2. The molecule has 0 spiro atoms. The predicted molar refractivity (Wildman–Crippen MR) is 71.6 cm³/mol. The molecule has 1 aliphatic heterocycles. The summed E-state index contributed by atoms with van der Waals surface area (Å²) in [5.74, 6) is 0.966. The lowest BCUT2D eigenvalue weighted by molar-refractivity contribution is 0.176. The summed E-state index contributed by atoms with van der Waals surface area (Å²) in [6.07, 6.45) is 7.12. The van der Waals surface area contributed by atoms with Crippen LogP contribution in [0.5, 0.6) is 0 Å². The van der Waals surface area contributed by atoms with E-state index in [0.717, 1.165) is 24.2 Å². The molecule has 2 fully saturated rings. The van der Waals surface area contributed by atoms with Gasteiger partial charge in [-0.2, -0.15) is 0 Å². The van der Waals surface area contributed by atoms with Crippen LogP contribution in [0.3, 0.4) is 0 Å². The zero-order valence-corrected chi connectivity index (χ0v) is 10.4. The number of hydrogen-bond acceptors (Lipinski definition) is 2. The van der Waals surface area contributed by atoms with E-state index in [1.165, 1.54) is 44.2 Å². The molecule has 92 valence electrons. The molecule has 1 aliphatic carbocycles. The zero-order chi connectivity index (χ0) is 11.7. The predicted octanol–water partition coefficient (Wildman–Crippen LogP) is 3.03. The highest BCUT2D eigenvalue weighted by Crippen LogP contribution is 2.37. The molecule has 0 bridgehead atoms. The second kappa shape index (κ2) is 4.69. The van der Waals surface area contributed by atoms with Crippen LogP contribution in [0.1, 0.15) is 37.7 Å². The molecule has 2 heteroatoms. The van der Waals surface area contributed by atoms with E-state index in [4.69, 9.17) is 5.73 Å². The van der Waals surface area contributed by atoms with E-state index in [0.29, 0.717) is 0 Å². The van der Waals surface area contributed by atoms with Crippen molar-refractivity contribution in [3.63, 3.8) is 0 Å². The Labute approximate surface area is 104 Å². The van der Waals surface area contributed by atoms with Gasteiger partial charge in [-0.15, -0.1) is 0 Å². The minimum Gasteiger partial charge on any atom is -0.398 e. The maximum Gasteiger partial charge on any atom is 0.0359 e. The number of nitrogens with zero attached hydrogens (tertiary/aromatic N) is 1. The van der Waals surface area contributed by atoms with E-state index in [2.05, 4.69) is 17.0 Å². The van der Waals surface area contributed by atoms with Crippen LogP contribution in [-0.4, -0.2) is 17.5 Å². The van der Waals surface area contributed by atoms with Crippen LogP contribution in [0.2, 0.25) is 0 Å². The molecule has 2 aliphatic rings. The Hall–Kier alpha value is -1.02. The smallest absolute Gasteiger partial charge is 0.0359 e. The van der Waals surface area contributed by atoms with E-state index < -0.39 is 0 Å². The lowest BCUT2D eigenvalue weighted by Gasteiger charge is -2.32. The van der Waals surface area contributed by atoms with Crippen LogP contribution in [0.25, 0.3) is 0 Å². The molecule has 2 N–H and O–H groups in total. The van der Waals surface area contributed by atoms with Gasteiger partial charge in [0.1, 0.15) is 0 Å². The Balaban J connectivity index is 1.71. The number of hydrogen-bond donors (Lipinski definition) is 1. The minimum absolute atomic E-state index is 0.836. The second-order valence-electron chi connectivity index (χ2n) is 5.57. The number of benzene rings is 1. The van der Waals surface area contributed by atoms with Gasteiger partial charge in [-0.1, -0.05) is 31.0 Å². The molecule has 1 saturated heterocycles. The third-order valence-electron chi connectivity index (χ3n) is 4.55. The van der Waals surface area contributed by atoms with Crippen molar-refractivity contribution in [3.05, 3.63) is 29.8 Å². The quantitative estimate of drug-likeness (QED) is 0.791. The van der Waals surface area contributed by atoms with Gasteiger partial charge in [0, 0.05) is 18.3 Å². The first kappa shape index (κ1) is 11.1. The summed E-state index contributed by atoms with van der Waals surface area (Å²) in [7, 11) is 0. The largest absolute Gasteiger partial charge is 0.398 e. The summed E-state index contributed by atoms with van der Waals surface area (Å²) in [6, 6.07) is 9.14. The van der Waals surface area contributed by atoms with Crippen molar-refractivity contribution >= 4 is 5.69 Å². The lowest BCUT2D eigenvalue weighted by Crippen LogP contribution is -2.34. The monoisotopic (exact) mass is 230 g/mol. The van der Waals surface area contributed by atoms with Gasteiger partial charge >= 0.3 is 0 Å². The Kier molecular flexibility index (Phi) is 3.06. The number of anilines is 1. The van der Waals surface area contributed by atoms with Gasteiger partial charge in [0.05, 0.1) is 0 Å². The zero-order valence-electron chi connectivity index (χ0n) is 10.4. The van der Waals surface area contributed by atoms with E-state index in [9.17, 15) is 0 Å². The average Bonchev–Trinajstić information content (AvgIpc) is 2.76. The molecule has 0 aromatic heterocycles. The highest BCUT2D eigenvalue weighted by molar-refractivity contribution is 5.46. The number of fused-ring (bicyclic) bond motifs is 1. The molecule has 0 radical (unpaired) electrons. The molecule has 1 aromatic rings. The first-order valence-corrected chi connectivity index (χ1v) is 6.92. The lowest BCUT2D eigenvalue weighted by atomic mass is 9.85. The molecular formula is C15H22N2. The second-order valence-corrected chi connectivity index (χ2v) is 5.57. The first-order valence-electron chi connectivity index (χ1n) is 6.92. The van der Waals surface area contributed by atoms with Gasteiger partial charge in [-0.3, -0.25) is 4.90 Å². The molecule has 1 aromatic carbocycles. The van der Waals surface area contributed by atoms with E-state index >= 15 is 0 Å². The summed E-state index contributed by atoms with van der Waals surface area (Å²) in [4.78, 5) is 2.66. The molecule has 2 atom stereocenters. The molecule has 2 unspecified atom stereocenters. The minimum atomic E-state index is 0.836. The number of nitrogen functional groups attached to an aromatic ring is 1. The number of nitrogens with two attached hydrogens (primary N) is 1. The Bertz CT molecular complexity index is 388. The van der Waals surface area contributed by atoms with Crippen LogP contribution < -0.4 is 5.73 Å². The van der Waals surface area contributed by atoms with Crippen LogP contribution in [0.4, 0.5) is 5.69 Å². The maximum absolute atomic E-state index is 6.04. The van der Waals surface area contributed by atoms with Gasteiger partial charge in [-0.05, 0) is 43.4 Å². The van der Waals surface area contributed by atoms with Crippen molar-refractivity contribution in [1.29, 1.82) is 0 Å².